The minimum atomic E-state index is -0.108. The summed E-state index contributed by atoms with van der Waals surface area (Å²) >= 11 is 5.78. The second kappa shape index (κ2) is 4.93. The van der Waals surface area contributed by atoms with E-state index in [1.165, 1.54) is 19.3 Å². The molecule has 0 saturated carbocycles. The summed E-state index contributed by atoms with van der Waals surface area (Å²) < 4.78 is 5.47. The maximum atomic E-state index is 11.4. The van der Waals surface area contributed by atoms with Crippen LogP contribution in [-0.2, 0) is 0 Å². The van der Waals surface area contributed by atoms with E-state index in [2.05, 4.69) is 9.97 Å². The van der Waals surface area contributed by atoms with Crippen molar-refractivity contribution >= 4 is 17.4 Å². The molecule has 0 spiro atoms. The van der Waals surface area contributed by atoms with Crippen LogP contribution < -0.4 is 4.74 Å². The molecule has 0 bridgehead atoms. The second-order valence-electron chi connectivity index (χ2n) is 3.35. The normalized spacial score (nSPS) is 10.0. The highest BCUT2D eigenvalue weighted by Gasteiger charge is 2.10. The van der Waals surface area contributed by atoms with Gasteiger partial charge < -0.3 is 4.74 Å². The zero-order valence-corrected chi connectivity index (χ0v) is 9.81. The number of ether oxygens (including phenoxy) is 1. The molecule has 0 aliphatic heterocycles. The Balaban J connectivity index is 2.33. The molecule has 0 atom stereocenters. The van der Waals surface area contributed by atoms with E-state index in [0.717, 1.165) is 0 Å². The zero-order chi connectivity index (χ0) is 12.3. The van der Waals surface area contributed by atoms with E-state index in [1.807, 2.05) is 0 Å². The molecule has 2 heterocycles. The van der Waals surface area contributed by atoms with E-state index in [9.17, 15) is 4.79 Å². The molecule has 0 radical (unpaired) electrons. The topological polar surface area (TPSA) is 52.1 Å². The fourth-order valence-corrected chi connectivity index (χ4v) is 1.46. The van der Waals surface area contributed by atoms with Gasteiger partial charge in [0.05, 0.1) is 16.8 Å². The van der Waals surface area contributed by atoms with Crippen molar-refractivity contribution in [3.8, 4) is 11.6 Å². The Hall–Kier alpha value is -1.94. The molecule has 0 aliphatic carbocycles. The number of pyridine rings is 2. The van der Waals surface area contributed by atoms with Gasteiger partial charge in [0.15, 0.2) is 5.78 Å². The van der Waals surface area contributed by atoms with E-state index in [0.29, 0.717) is 16.3 Å². The monoisotopic (exact) mass is 248 g/mol. The highest BCUT2D eigenvalue weighted by molar-refractivity contribution is 6.30. The molecule has 0 fully saturated rings. The number of nitrogens with zero attached hydrogens (tertiary/aromatic N) is 2. The predicted molar refractivity (Wildman–Crippen MR) is 63.6 cm³/mol. The Kier molecular flexibility index (Phi) is 3.35. The average molecular weight is 249 g/mol. The van der Waals surface area contributed by atoms with E-state index < -0.39 is 0 Å². The van der Waals surface area contributed by atoms with Gasteiger partial charge in [-0.1, -0.05) is 11.6 Å². The van der Waals surface area contributed by atoms with Crippen molar-refractivity contribution in [2.24, 2.45) is 0 Å². The number of hydrogen-bond donors (Lipinski definition) is 0. The molecule has 0 unspecified atom stereocenters. The lowest BCUT2D eigenvalue weighted by Gasteiger charge is -2.07. The van der Waals surface area contributed by atoms with Gasteiger partial charge in [0.2, 0.25) is 5.88 Å². The van der Waals surface area contributed by atoms with Crippen LogP contribution in [0.3, 0.4) is 0 Å². The molecular weight excluding hydrogens is 240 g/mol. The molecule has 2 rings (SSSR count). The first-order valence-corrected chi connectivity index (χ1v) is 5.29. The minimum absolute atomic E-state index is 0.108. The SMILES string of the molecule is CC(=O)c1cccnc1Oc1cncc(Cl)c1. The van der Waals surface area contributed by atoms with Crippen LogP contribution in [0.25, 0.3) is 0 Å². The third-order valence-corrected chi connectivity index (χ3v) is 2.25. The minimum Gasteiger partial charge on any atom is -0.437 e. The van der Waals surface area contributed by atoms with Gasteiger partial charge in [-0.2, -0.15) is 0 Å². The molecule has 0 amide bonds. The smallest absolute Gasteiger partial charge is 0.230 e. The number of ketones is 1. The summed E-state index contributed by atoms with van der Waals surface area (Å²) in [5, 5.41) is 0.461. The van der Waals surface area contributed by atoms with Gasteiger partial charge in [-0.25, -0.2) is 4.98 Å². The third-order valence-electron chi connectivity index (χ3n) is 2.04. The fourth-order valence-electron chi connectivity index (χ4n) is 1.30. The molecule has 0 saturated heterocycles. The van der Waals surface area contributed by atoms with Gasteiger partial charge in [0, 0.05) is 18.5 Å². The quantitative estimate of drug-likeness (QED) is 0.783. The molecule has 2 aromatic heterocycles. The van der Waals surface area contributed by atoms with Crippen LogP contribution in [0.4, 0.5) is 0 Å². The summed E-state index contributed by atoms with van der Waals surface area (Å²) in [6.07, 6.45) is 4.56. The van der Waals surface area contributed by atoms with E-state index in [1.54, 1.807) is 24.4 Å². The molecule has 0 N–H and O–H groups in total. The molecule has 2 aromatic rings. The molecule has 0 aliphatic rings. The molecule has 0 aromatic carbocycles. The van der Waals surface area contributed by atoms with Crippen LogP contribution in [-0.4, -0.2) is 15.8 Å². The van der Waals surface area contributed by atoms with Crippen LogP contribution in [0, 0.1) is 0 Å². The molecule has 5 heteroatoms. The summed E-state index contributed by atoms with van der Waals surface area (Å²) in [5.41, 5.74) is 0.424. The number of carbonyl (C=O) groups excluding carboxylic acids is 1. The van der Waals surface area contributed by atoms with Crippen LogP contribution in [0.1, 0.15) is 17.3 Å². The van der Waals surface area contributed by atoms with Crippen molar-refractivity contribution in [3.63, 3.8) is 0 Å². The van der Waals surface area contributed by atoms with Crippen molar-refractivity contribution < 1.29 is 9.53 Å². The van der Waals surface area contributed by atoms with Crippen molar-refractivity contribution in [1.29, 1.82) is 0 Å². The predicted octanol–water partition coefficient (Wildman–Crippen LogP) is 3.12. The van der Waals surface area contributed by atoms with Gasteiger partial charge in [0.1, 0.15) is 5.75 Å². The molecule has 86 valence electrons. The first-order chi connectivity index (χ1) is 8.16. The number of halogens is 1. The Morgan fingerprint density at radius 2 is 2.24 bits per heavy atom. The van der Waals surface area contributed by atoms with Gasteiger partial charge in [-0.05, 0) is 19.1 Å². The molecule has 4 nitrogen and oxygen atoms in total. The van der Waals surface area contributed by atoms with Crippen molar-refractivity contribution in [2.75, 3.05) is 0 Å². The van der Waals surface area contributed by atoms with E-state index >= 15 is 0 Å². The third kappa shape index (κ3) is 2.79. The fraction of sp³-hybridized carbons (Fsp3) is 0.0833. The van der Waals surface area contributed by atoms with Crippen molar-refractivity contribution in [3.05, 3.63) is 47.4 Å². The lowest BCUT2D eigenvalue weighted by molar-refractivity contribution is 0.101. The van der Waals surface area contributed by atoms with E-state index in [4.69, 9.17) is 16.3 Å². The number of hydrogen-bond acceptors (Lipinski definition) is 4. The summed E-state index contributed by atoms with van der Waals surface area (Å²) in [7, 11) is 0. The number of carbonyl (C=O) groups is 1. The largest absolute Gasteiger partial charge is 0.437 e. The number of Topliss-reactive ketones (excluding diaryl/α,β-unsaturated/α-hetero) is 1. The first-order valence-electron chi connectivity index (χ1n) is 4.91. The number of rotatable bonds is 3. The lowest BCUT2D eigenvalue weighted by Crippen LogP contribution is -1.99. The van der Waals surface area contributed by atoms with Gasteiger partial charge >= 0.3 is 0 Å². The summed E-state index contributed by atoms with van der Waals surface area (Å²) in [6, 6.07) is 4.94. The molecular formula is C12H9ClN2O2. The van der Waals surface area contributed by atoms with Crippen LogP contribution >= 0.6 is 11.6 Å². The van der Waals surface area contributed by atoms with Gasteiger partial charge in [-0.15, -0.1) is 0 Å². The maximum absolute atomic E-state index is 11.4. The van der Waals surface area contributed by atoms with Gasteiger partial charge in [0.25, 0.3) is 0 Å². The van der Waals surface area contributed by atoms with Crippen molar-refractivity contribution in [1.82, 2.24) is 9.97 Å². The maximum Gasteiger partial charge on any atom is 0.230 e. The molecule has 17 heavy (non-hydrogen) atoms. The number of aromatic nitrogens is 2. The Morgan fingerprint density at radius 1 is 1.41 bits per heavy atom. The first kappa shape index (κ1) is 11.5. The zero-order valence-electron chi connectivity index (χ0n) is 9.05. The average Bonchev–Trinajstić information content (AvgIpc) is 2.29. The van der Waals surface area contributed by atoms with Crippen LogP contribution in [0.5, 0.6) is 11.6 Å². The Bertz CT molecular complexity index is 558. The van der Waals surface area contributed by atoms with Gasteiger partial charge in [-0.3, -0.25) is 9.78 Å². The highest BCUT2D eigenvalue weighted by atomic mass is 35.5. The standard InChI is InChI=1S/C12H9ClN2O2/c1-8(16)11-3-2-4-15-12(11)17-10-5-9(13)6-14-7-10/h2-7H,1H3. The lowest BCUT2D eigenvalue weighted by atomic mass is 10.2. The Morgan fingerprint density at radius 3 is 2.94 bits per heavy atom. The highest BCUT2D eigenvalue weighted by Crippen LogP contribution is 2.24. The Labute approximate surface area is 103 Å². The summed E-state index contributed by atoms with van der Waals surface area (Å²) in [6.45, 7) is 1.46. The van der Waals surface area contributed by atoms with Crippen LogP contribution in [0.15, 0.2) is 36.8 Å². The summed E-state index contributed by atoms with van der Waals surface area (Å²) in [4.78, 5) is 19.3. The second-order valence-corrected chi connectivity index (χ2v) is 3.79. The summed E-state index contributed by atoms with van der Waals surface area (Å²) in [5.74, 6) is 0.589. The van der Waals surface area contributed by atoms with Crippen LogP contribution in [0.2, 0.25) is 5.02 Å². The van der Waals surface area contributed by atoms with Crippen molar-refractivity contribution in [2.45, 2.75) is 6.92 Å². The van der Waals surface area contributed by atoms with E-state index in [-0.39, 0.29) is 11.7 Å².